The van der Waals surface area contributed by atoms with Gasteiger partial charge in [-0.15, -0.1) is 0 Å². The summed E-state index contributed by atoms with van der Waals surface area (Å²) in [5.74, 6) is 0. The van der Waals surface area contributed by atoms with Crippen molar-refractivity contribution in [3.05, 3.63) is 0 Å². The predicted octanol–water partition coefficient (Wildman–Crippen LogP) is -3.47. The van der Waals surface area contributed by atoms with E-state index >= 15 is 0 Å². The van der Waals surface area contributed by atoms with Gasteiger partial charge in [0.2, 0.25) is 0 Å². The zero-order valence-electron chi connectivity index (χ0n) is 8.09. The largest absolute Gasteiger partial charge is 2.00 e. The molecule has 15 heavy (non-hydrogen) atoms. The normalized spacial score (nSPS) is 40.0. The molecule has 4 aliphatic rings. The molecule has 4 rings (SSSR count). The van der Waals surface area contributed by atoms with Gasteiger partial charge in [0.05, 0.1) is 40.0 Å². The summed E-state index contributed by atoms with van der Waals surface area (Å²) in [5.41, 5.74) is 0. The molecule has 7 nitrogen and oxygen atoms in total. The van der Waals surface area contributed by atoms with E-state index in [4.69, 9.17) is 15.0 Å². The van der Waals surface area contributed by atoms with E-state index in [1.807, 2.05) is 0 Å². The molecular weight excluding hydrogens is 247 g/mol. The first kappa shape index (κ1) is 12.7. The average molecular weight is 259 g/mol. The molecule has 1 radical (unpaired) electrons. The fourth-order valence-electron chi connectivity index (χ4n) is 2.23. The van der Waals surface area contributed by atoms with Gasteiger partial charge in [0, 0.05) is 0 Å². The second-order valence-electron chi connectivity index (χ2n) is 3.78. The van der Waals surface area contributed by atoms with Crippen molar-refractivity contribution < 1.29 is 31.8 Å². The van der Waals surface area contributed by atoms with E-state index in [1.165, 1.54) is 40.0 Å². The van der Waals surface area contributed by atoms with Gasteiger partial charge in [-0.05, 0) is 6.16 Å². The van der Waals surface area contributed by atoms with Crippen LogP contribution >= 0.6 is 0 Å². The topological polar surface area (TPSA) is 76.2 Å². The van der Waals surface area contributed by atoms with E-state index in [9.17, 15) is 0 Å². The van der Waals surface area contributed by atoms with E-state index in [2.05, 4.69) is 19.6 Å². The summed E-state index contributed by atoms with van der Waals surface area (Å²) >= 11 is 0. The number of hydrogen-bond acceptors (Lipinski definition) is 7. The molecule has 0 aromatic carbocycles. The molecule has 87 valence electrons. The number of rotatable bonds is 0. The predicted molar refractivity (Wildman–Crippen MR) is 42.0 cm³/mol. The minimum atomic E-state index is -2.33. The minimum absolute atomic E-state index is 0. The smallest absolute Gasteiger partial charge is 0.652 e. The van der Waals surface area contributed by atoms with Crippen LogP contribution in [0.1, 0.15) is 0 Å². The second-order valence-corrected chi connectivity index (χ2v) is 3.78. The van der Waals surface area contributed by atoms with Gasteiger partial charge in [-0.2, -0.15) is 0 Å². The van der Waals surface area contributed by atoms with Crippen LogP contribution in [-0.2, 0) is 16.8 Å². The Morgan fingerprint density at radius 2 is 0.867 bits per heavy atom. The molecule has 0 saturated carbocycles. The first-order valence-corrected chi connectivity index (χ1v) is 4.41. The molecule has 4 heterocycles. The first-order chi connectivity index (χ1) is 6.63. The van der Waals surface area contributed by atoms with Crippen LogP contribution in [-0.4, -0.2) is 65.8 Å². The van der Waals surface area contributed by atoms with E-state index in [1.54, 1.807) is 0 Å². The molecule has 0 aliphatic carbocycles. The van der Waals surface area contributed by atoms with E-state index in [-0.39, 0.29) is 16.8 Å². The van der Waals surface area contributed by atoms with Crippen molar-refractivity contribution in [3.63, 3.8) is 0 Å². The van der Waals surface area contributed by atoms with Crippen molar-refractivity contribution in [3.8, 4) is 0 Å². The van der Waals surface area contributed by atoms with Crippen molar-refractivity contribution in [2.75, 3.05) is 40.0 Å². The quantitative estimate of drug-likeness (QED) is 0.447. The fraction of sp³-hybridized carbons (Fsp3) is 0.857. The number of carboxylic acid groups (broad SMARTS) is 2. The van der Waals surface area contributed by atoms with Crippen molar-refractivity contribution in [2.45, 2.75) is 0 Å². The van der Waals surface area contributed by atoms with Gasteiger partial charge in [-0.25, -0.2) is 0 Å². The molecule has 4 saturated heterocycles. The summed E-state index contributed by atoms with van der Waals surface area (Å²) in [4.78, 5) is 18.2. The second kappa shape index (κ2) is 5.10. The van der Waals surface area contributed by atoms with Gasteiger partial charge in [0.25, 0.3) is 0 Å². The maximum absolute atomic E-state index is 8.33. The third-order valence-electron chi connectivity index (χ3n) is 2.40. The Morgan fingerprint density at radius 3 is 1.00 bits per heavy atom. The van der Waals surface area contributed by atoms with Gasteiger partial charge in [0.15, 0.2) is 0 Å². The molecule has 0 aromatic heterocycles. The molecular formula is C7H12CoN4O3. The Bertz CT molecular complexity index is 180. The number of hydrogen-bond donors (Lipinski definition) is 0. The zero-order chi connectivity index (χ0) is 10.1. The van der Waals surface area contributed by atoms with Crippen LogP contribution in [0, 0.1) is 0 Å². The molecule has 0 spiro atoms. The van der Waals surface area contributed by atoms with E-state index in [0.29, 0.717) is 0 Å². The van der Waals surface area contributed by atoms with Crippen molar-refractivity contribution in [1.29, 1.82) is 0 Å². The molecule has 4 aliphatic heterocycles. The number of carbonyl (C=O) groups is 1. The number of carbonyl (C=O) groups excluding carboxylic acids is 1. The van der Waals surface area contributed by atoms with Gasteiger partial charge in [-0.3, -0.25) is 19.6 Å². The fourth-order valence-corrected chi connectivity index (χ4v) is 2.23. The monoisotopic (exact) mass is 259 g/mol. The Hall–Kier alpha value is -0.384. The maximum Gasteiger partial charge on any atom is 2.00 e. The van der Waals surface area contributed by atoms with Crippen LogP contribution in [0.15, 0.2) is 0 Å². The van der Waals surface area contributed by atoms with Crippen LogP contribution < -0.4 is 10.2 Å². The van der Waals surface area contributed by atoms with Gasteiger partial charge >= 0.3 is 16.8 Å². The summed E-state index contributed by atoms with van der Waals surface area (Å²) in [6, 6.07) is 0. The molecule has 4 fully saturated rings. The van der Waals surface area contributed by atoms with Gasteiger partial charge < -0.3 is 15.0 Å². The van der Waals surface area contributed by atoms with E-state index < -0.39 is 6.16 Å². The molecule has 0 amide bonds. The van der Waals surface area contributed by atoms with Crippen molar-refractivity contribution in [1.82, 2.24) is 19.6 Å². The van der Waals surface area contributed by atoms with Gasteiger partial charge in [-0.1, -0.05) is 0 Å². The van der Waals surface area contributed by atoms with Gasteiger partial charge in [0.1, 0.15) is 0 Å². The molecule has 8 heteroatoms. The Balaban J connectivity index is 0.000000200. The zero-order valence-corrected chi connectivity index (χ0v) is 9.13. The molecule has 0 atom stereocenters. The summed E-state index contributed by atoms with van der Waals surface area (Å²) in [6.45, 7) is 7.12. The molecule has 0 N–H and O–H groups in total. The number of nitrogens with zero attached hydrogens (tertiary/aromatic N) is 4. The summed E-state index contributed by atoms with van der Waals surface area (Å²) in [7, 11) is 0. The Labute approximate surface area is 98.0 Å². The van der Waals surface area contributed by atoms with Crippen molar-refractivity contribution in [2.24, 2.45) is 0 Å². The maximum atomic E-state index is 8.33. The molecule has 0 unspecified atom stereocenters. The van der Waals surface area contributed by atoms with Crippen LogP contribution in [0.25, 0.3) is 0 Å². The standard InChI is InChI=1S/C6H12N4.CH2O3.Co/c1-7-2-9-4-8(1)5-10(3-7)6-9;2-1(3)4;/h1-6H2;(H2,2,3,4);/q;;+2/p-2. The Kier molecular flexibility index (Phi) is 4.31. The summed E-state index contributed by atoms with van der Waals surface area (Å²) in [6.07, 6.45) is -2.33. The van der Waals surface area contributed by atoms with Crippen LogP contribution in [0.2, 0.25) is 0 Å². The van der Waals surface area contributed by atoms with E-state index in [0.717, 1.165) is 0 Å². The third kappa shape index (κ3) is 3.29. The van der Waals surface area contributed by atoms with Crippen LogP contribution in [0.4, 0.5) is 4.79 Å². The Morgan fingerprint density at radius 1 is 0.733 bits per heavy atom. The molecule has 4 bridgehead atoms. The minimum Gasteiger partial charge on any atom is -0.652 e. The molecule has 0 aromatic rings. The SMILES string of the molecule is C1N2CN3CN1CN(C2)C3.O=C([O-])[O-].[Co+2]. The van der Waals surface area contributed by atoms with Crippen LogP contribution in [0.5, 0.6) is 0 Å². The first-order valence-electron chi connectivity index (χ1n) is 4.41. The van der Waals surface area contributed by atoms with Crippen molar-refractivity contribution >= 4 is 6.16 Å². The summed E-state index contributed by atoms with van der Waals surface area (Å²) in [5, 5.41) is 16.7. The average Bonchev–Trinajstić information content (AvgIpc) is 1.98. The third-order valence-corrected chi connectivity index (χ3v) is 2.40. The van der Waals surface area contributed by atoms with Crippen LogP contribution in [0.3, 0.4) is 0 Å². The summed E-state index contributed by atoms with van der Waals surface area (Å²) < 4.78 is 0.